The van der Waals surface area contributed by atoms with Gasteiger partial charge in [0.25, 0.3) is 0 Å². The number of benzene rings is 1. The molecule has 0 unspecified atom stereocenters. The lowest BCUT2D eigenvalue weighted by Crippen LogP contribution is -2.46. The van der Waals surface area contributed by atoms with Crippen LogP contribution in [0.2, 0.25) is 0 Å². The van der Waals surface area contributed by atoms with Crippen LogP contribution in [0.1, 0.15) is 36.5 Å². The monoisotopic (exact) mass is 288 g/mol. The first kappa shape index (κ1) is 15.5. The first-order chi connectivity index (χ1) is 9.95. The molecule has 2 amide bonds. The molecule has 2 rings (SSSR count). The van der Waals surface area contributed by atoms with Gasteiger partial charge in [0.05, 0.1) is 6.42 Å². The molecule has 1 heterocycles. The molecule has 1 aliphatic rings. The zero-order valence-corrected chi connectivity index (χ0v) is 13.1. The Morgan fingerprint density at radius 3 is 2.52 bits per heavy atom. The third kappa shape index (κ3) is 4.31. The maximum absolute atomic E-state index is 12.4. The zero-order chi connectivity index (χ0) is 15.4. The van der Waals surface area contributed by atoms with Gasteiger partial charge in [0.1, 0.15) is 0 Å². The normalized spacial score (nSPS) is 15.9. The fraction of sp³-hybridized carbons (Fsp3) is 0.529. The van der Waals surface area contributed by atoms with Crippen LogP contribution in [-0.4, -0.2) is 35.8 Å². The molecule has 1 aromatic carbocycles. The van der Waals surface area contributed by atoms with Crippen molar-refractivity contribution in [3.63, 3.8) is 0 Å². The van der Waals surface area contributed by atoms with Gasteiger partial charge in [-0.3, -0.25) is 9.59 Å². The van der Waals surface area contributed by atoms with Gasteiger partial charge in [-0.15, -0.1) is 0 Å². The van der Waals surface area contributed by atoms with E-state index in [1.54, 1.807) is 0 Å². The Labute approximate surface area is 126 Å². The summed E-state index contributed by atoms with van der Waals surface area (Å²) in [5.41, 5.74) is 3.47. The molecule has 114 valence electrons. The third-order valence-corrected chi connectivity index (χ3v) is 4.10. The Bertz CT molecular complexity index is 532. The molecular weight excluding hydrogens is 264 g/mol. The summed E-state index contributed by atoms with van der Waals surface area (Å²) < 4.78 is 0. The minimum Gasteiger partial charge on any atom is -0.353 e. The van der Waals surface area contributed by atoms with Crippen LogP contribution in [0.3, 0.4) is 0 Å². The molecule has 0 spiro atoms. The summed E-state index contributed by atoms with van der Waals surface area (Å²) in [7, 11) is 0. The van der Waals surface area contributed by atoms with Gasteiger partial charge in [-0.1, -0.05) is 23.8 Å². The fourth-order valence-corrected chi connectivity index (χ4v) is 2.83. The van der Waals surface area contributed by atoms with Crippen LogP contribution >= 0.6 is 0 Å². The SMILES string of the molecule is CC(=O)NC1CCN(C(=O)Cc2cc(C)ccc2C)CC1. The lowest BCUT2D eigenvalue weighted by atomic mass is 10.0. The minimum atomic E-state index is 0.00941. The molecule has 0 aliphatic carbocycles. The number of rotatable bonds is 3. The smallest absolute Gasteiger partial charge is 0.227 e. The van der Waals surface area contributed by atoms with Gasteiger partial charge in [0.15, 0.2) is 0 Å². The van der Waals surface area contributed by atoms with Crippen molar-refractivity contribution in [2.45, 2.75) is 46.1 Å². The number of amides is 2. The number of carbonyl (C=O) groups excluding carboxylic acids is 2. The van der Waals surface area contributed by atoms with Gasteiger partial charge in [-0.05, 0) is 37.8 Å². The second-order valence-corrected chi connectivity index (χ2v) is 5.96. The Kier molecular flexibility index (Phi) is 4.99. The van der Waals surface area contributed by atoms with E-state index in [0.717, 1.165) is 31.5 Å². The molecule has 1 N–H and O–H groups in total. The number of nitrogens with one attached hydrogen (secondary N) is 1. The lowest BCUT2D eigenvalue weighted by molar-refractivity contribution is -0.131. The summed E-state index contributed by atoms with van der Waals surface area (Å²) in [4.78, 5) is 25.4. The highest BCUT2D eigenvalue weighted by Gasteiger charge is 2.23. The Hall–Kier alpha value is -1.84. The second-order valence-electron chi connectivity index (χ2n) is 5.96. The minimum absolute atomic E-state index is 0.00941. The van der Waals surface area contributed by atoms with E-state index in [9.17, 15) is 9.59 Å². The van der Waals surface area contributed by atoms with Crippen LogP contribution in [0.5, 0.6) is 0 Å². The second kappa shape index (κ2) is 6.74. The highest BCUT2D eigenvalue weighted by Crippen LogP contribution is 2.15. The standard InChI is InChI=1S/C17H24N2O2/c1-12-4-5-13(2)15(10-12)11-17(21)19-8-6-16(7-9-19)18-14(3)20/h4-5,10,16H,6-9,11H2,1-3H3,(H,18,20). The Morgan fingerprint density at radius 1 is 1.24 bits per heavy atom. The van der Waals surface area contributed by atoms with Crippen LogP contribution in [0.15, 0.2) is 18.2 Å². The van der Waals surface area contributed by atoms with Gasteiger partial charge in [-0.2, -0.15) is 0 Å². The molecule has 0 atom stereocenters. The molecule has 1 saturated heterocycles. The van der Waals surface area contributed by atoms with Crippen LogP contribution in [-0.2, 0) is 16.0 Å². The van der Waals surface area contributed by atoms with E-state index in [0.29, 0.717) is 6.42 Å². The van der Waals surface area contributed by atoms with Gasteiger partial charge >= 0.3 is 0 Å². The summed E-state index contributed by atoms with van der Waals surface area (Å²) in [6.45, 7) is 7.10. The molecule has 0 radical (unpaired) electrons. The fourth-order valence-electron chi connectivity index (χ4n) is 2.83. The molecule has 1 fully saturated rings. The highest BCUT2D eigenvalue weighted by molar-refractivity contribution is 5.79. The molecule has 1 aromatic rings. The van der Waals surface area contributed by atoms with E-state index in [4.69, 9.17) is 0 Å². The molecular formula is C17H24N2O2. The molecule has 0 saturated carbocycles. The van der Waals surface area contributed by atoms with Crippen molar-refractivity contribution in [3.05, 3.63) is 34.9 Å². The summed E-state index contributed by atoms with van der Waals surface area (Å²) in [6.07, 6.45) is 2.16. The van der Waals surface area contributed by atoms with Gasteiger partial charge in [-0.25, -0.2) is 0 Å². The van der Waals surface area contributed by atoms with Crippen molar-refractivity contribution in [2.75, 3.05) is 13.1 Å². The number of aryl methyl sites for hydroxylation is 2. The predicted molar refractivity (Wildman–Crippen MR) is 83.0 cm³/mol. The lowest BCUT2D eigenvalue weighted by Gasteiger charge is -2.32. The topological polar surface area (TPSA) is 49.4 Å². The Balaban J connectivity index is 1.90. The third-order valence-electron chi connectivity index (χ3n) is 4.10. The first-order valence-electron chi connectivity index (χ1n) is 7.56. The number of hydrogen-bond acceptors (Lipinski definition) is 2. The average Bonchev–Trinajstić information content (AvgIpc) is 2.43. The maximum Gasteiger partial charge on any atom is 0.227 e. The van der Waals surface area contributed by atoms with E-state index in [-0.39, 0.29) is 17.9 Å². The van der Waals surface area contributed by atoms with Crippen molar-refractivity contribution >= 4 is 11.8 Å². The largest absolute Gasteiger partial charge is 0.353 e. The van der Waals surface area contributed by atoms with Gasteiger partial charge in [0, 0.05) is 26.1 Å². The average molecular weight is 288 g/mol. The summed E-state index contributed by atoms with van der Waals surface area (Å²) in [6, 6.07) is 6.45. The Morgan fingerprint density at radius 2 is 1.90 bits per heavy atom. The van der Waals surface area contributed by atoms with Crippen molar-refractivity contribution < 1.29 is 9.59 Å². The summed E-state index contributed by atoms with van der Waals surface area (Å²) >= 11 is 0. The zero-order valence-electron chi connectivity index (χ0n) is 13.1. The van der Waals surface area contributed by atoms with Crippen molar-refractivity contribution in [2.24, 2.45) is 0 Å². The number of piperidine rings is 1. The first-order valence-corrected chi connectivity index (χ1v) is 7.56. The van der Waals surface area contributed by atoms with Crippen LogP contribution in [0, 0.1) is 13.8 Å². The van der Waals surface area contributed by atoms with Crippen LogP contribution < -0.4 is 5.32 Å². The molecule has 4 nitrogen and oxygen atoms in total. The predicted octanol–water partition coefficient (Wildman–Crippen LogP) is 1.97. The van der Waals surface area contributed by atoms with Crippen molar-refractivity contribution in [1.82, 2.24) is 10.2 Å². The van der Waals surface area contributed by atoms with E-state index >= 15 is 0 Å². The highest BCUT2D eigenvalue weighted by atomic mass is 16.2. The van der Waals surface area contributed by atoms with Crippen LogP contribution in [0.25, 0.3) is 0 Å². The van der Waals surface area contributed by atoms with Gasteiger partial charge in [0.2, 0.25) is 11.8 Å². The summed E-state index contributed by atoms with van der Waals surface area (Å²) in [5, 5.41) is 2.93. The number of likely N-dealkylation sites (tertiary alicyclic amines) is 1. The van der Waals surface area contributed by atoms with Gasteiger partial charge < -0.3 is 10.2 Å². The number of nitrogens with zero attached hydrogens (tertiary/aromatic N) is 1. The molecule has 0 aromatic heterocycles. The molecule has 21 heavy (non-hydrogen) atoms. The summed E-state index contributed by atoms with van der Waals surface area (Å²) in [5.74, 6) is 0.195. The van der Waals surface area contributed by atoms with E-state index in [1.165, 1.54) is 18.1 Å². The number of hydrogen-bond donors (Lipinski definition) is 1. The number of carbonyl (C=O) groups is 2. The van der Waals surface area contributed by atoms with E-state index in [2.05, 4.69) is 23.5 Å². The van der Waals surface area contributed by atoms with Crippen molar-refractivity contribution in [1.29, 1.82) is 0 Å². The molecule has 1 aliphatic heterocycles. The quantitative estimate of drug-likeness (QED) is 0.924. The van der Waals surface area contributed by atoms with E-state index in [1.807, 2.05) is 18.7 Å². The van der Waals surface area contributed by atoms with Crippen molar-refractivity contribution in [3.8, 4) is 0 Å². The maximum atomic E-state index is 12.4. The molecule has 4 heteroatoms. The van der Waals surface area contributed by atoms with Crippen LogP contribution in [0.4, 0.5) is 0 Å². The molecule has 0 bridgehead atoms. The van der Waals surface area contributed by atoms with E-state index < -0.39 is 0 Å².